The Balaban J connectivity index is 2.21. The fourth-order valence-corrected chi connectivity index (χ4v) is 7.83. The first kappa shape index (κ1) is 18.1. The summed E-state index contributed by atoms with van der Waals surface area (Å²) in [6.45, 7) is 3.88. The molecule has 3 aromatic carbocycles. The first-order valence-electron chi connectivity index (χ1n) is 8.70. The predicted octanol–water partition coefficient (Wildman–Crippen LogP) is 3.44. The van der Waals surface area contributed by atoms with Gasteiger partial charge in [-0.2, -0.15) is 0 Å². The first-order chi connectivity index (χ1) is 12.8. The molecule has 0 bridgehead atoms. The van der Waals surface area contributed by atoms with Gasteiger partial charge in [-0.1, -0.05) is 0 Å². The van der Waals surface area contributed by atoms with Crippen LogP contribution in [0.5, 0.6) is 0 Å². The third-order valence-electron chi connectivity index (χ3n) is 4.57. The maximum absolute atomic E-state index is 12.7. The van der Waals surface area contributed by atoms with Gasteiger partial charge in [0, 0.05) is 0 Å². The molecule has 2 nitrogen and oxygen atoms in total. The molecule has 0 saturated carbocycles. The van der Waals surface area contributed by atoms with Crippen LogP contribution in [0, 0.1) is 0 Å². The number of esters is 1. The van der Waals surface area contributed by atoms with Gasteiger partial charge in [-0.3, -0.25) is 0 Å². The van der Waals surface area contributed by atoms with Crippen molar-refractivity contribution in [2.24, 2.45) is 0 Å². The number of carbonyl (C=O) groups is 1. The third-order valence-corrected chi connectivity index (χ3v) is 9.35. The van der Waals surface area contributed by atoms with Crippen LogP contribution in [-0.2, 0) is 9.53 Å². The van der Waals surface area contributed by atoms with Crippen molar-refractivity contribution >= 4 is 29.1 Å². The Hall–Kier alpha value is -2.70. The molecule has 0 atom stereocenters. The monoisotopic (exact) mass is 362 g/mol. The number of hydrogen-bond acceptors (Lipinski definition) is 2. The van der Waals surface area contributed by atoms with E-state index in [-0.39, 0.29) is 12.6 Å². The van der Waals surface area contributed by atoms with Crippen LogP contribution < -0.4 is 15.9 Å². The van der Waals surface area contributed by atoms with Crippen LogP contribution >= 0.6 is 7.26 Å². The molecule has 0 saturated heterocycles. The Morgan fingerprint density at radius 3 is 1.50 bits per heavy atom. The van der Waals surface area contributed by atoms with E-state index in [9.17, 15) is 4.79 Å². The molecule has 0 spiro atoms. The van der Waals surface area contributed by atoms with E-state index in [1.165, 1.54) is 15.9 Å². The second kappa shape index (κ2) is 8.60. The Bertz CT molecular complexity index is 748. The Morgan fingerprint density at radius 2 is 1.15 bits per heavy atom. The topological polar surface area (TPSA) is 26.3 Å². The zero-order valence-corrected chi connectivity index (χ0v) is 15.7. The van der Waals surface area contributed by atoms with Crippen molar-refractivity contribution in [1.29, 1.82) is 0 Å². The van der Waals surface area contributed by atoms with Gasteiger partial charge in [-0.15, -0.1) is 0 Å². The summed E-state index contributed by atoms with van der Waals surface area (Å²) < 4.78 is 5.39. The van der Waals surface area contributed by atoms with Crippen LogP contribution in [0.3, 0.4) is 0 Å². The molecule has 0 aromatic heterocycles. The summed E-state index contributed by atoms with van der Waals surface area (Å²) in [5, 5.41) is 3.61. The number of hydrogen-bond donors (Lipinski definition) is 0. The molecule has 0 aliphatic rings. The van der Waals surface area contributed by atoms with Gasteiger partial charge in [-0.05, 0) is 0 Å². The van der Waals surface area contributed by atoms with Gasteiger partial charge in [-0.25, -0.2) is 0 Å². The maximum atomic E-state index is 12.7. The third kappa shape index (κ3) is 3.76. The SMILES string of the molecule is C=CCOC(=O)C[PH](c1ccccc1)(c1ccccc1)c1ccccc1. The van der Waals surface area contributed by atoms with E-state index in [1.807, 2.05) is 54.6 Å². The van der Waals surface area contributed by atoms with Crippen LogP contribution in [-0.4, -0.2) is 18.7 Å². The summed E-state index contributed by atoms with van der Waals surface area (Å²) in [7, 11) is -2.55. The average Bonchev–Trinajstić information content (AvgIpc) is 2.72. The summed E-state index contributed by atoms with van der Waals surface area (Å²) in [4.78, 5) is 12.7. The fraction of sp³-hybridized carbons (Fsp3) is 0.0870. The van der Waals surface area contributed by atoms with Crippen LogP contribution in [0.2, 0.25) is 0 Å². The van der Waals surface area contributed by atoms with Gasteiger partial charge in [0.2, 0.25) is 0 Å². The summed E-state index contributed by atoms with van der Waals surface area (Å²) >= 11 is 0. The minimum atomic E-state index is -2.55. The van der Waals surface area contributed by atoms with Crippen molar-refractivity contribution in [2.45, 2.75) is 0 Å². The van der Waals surface area contributed by atoms with E-state index < -0.39 is 7.26 Å². The predicted molar refractivity (Wildman–Crippen MR) is 113 cm³/mol. The molecular formula is C23H23O2P. The fourth-order valence-electron chi connectivity index (χ4n) is 3.39. The van der Waals surface area contributed by atoms with Gasteiger partial charge >= 0.3 is 155 Å². The van der Waals surface area contributed by atoms with Crippen molar-refractivity contribution in [3.63, 3.8) is 0 Å². The quantitative estimate of drug-likeness (QED) is 0.366. The Labute approximate surface area is 155 Å². The Kier molecular flexibility index (Phi) is 5.99. The van der Waals surface area contributed by atoms with Crippen molar-refractivity contribution < 1.29 is 9.53 Å². The van der Waals surface area contributed by atoms with Crippen molar-refractivity contribution in [3.8, 4) is 0 Å². The summed E-state index contributed by atoms with van der Waals surface area (Å²) in [5.74, 6) is -0.187. The summed E-state index contributed by atoms with van der Waals surface area (Å²) in [6, 6.07) is 31.1. The number of carbonyl (C=O) groups excluding carboxylic acids is 1. The van der Waals surface area contributed by atoms with Gasteiger partial charge in [0.15, 0.2) is 0 Å². The van der Waals surface area contributed by atoms with Gasteiger partial charge in [0.25, 0.3) is 0 Å². The van der Waals surface area contributed by atoms with Crippen LogP contribution in [0.1, 0.15) is 0 Å². The van der Waals surface area contributed by atoms with Crippen molar-refractivity contribution in [1.82, 2.24) is 0 Å². The molecule has 0 amide bonds. The molecule has 0 fully saturated rings. The standard InChI is InChI=1S/C23H23O2P/c1-2-18-25-23(24)19-26(20-12-6-3-7-13-20,21-14-8-4-9-15-21)22-16-10-5-11-17-22/h2-17,26H,1,18-19H2. The summed E-state index contributed by atoms with van der Waals surface area (Å²) in [6.07, 6.45) is 1.97. The average molecular weight is 362 g/mol. The second-order valence-corrected chi connectivity index (χ2v) is 10.0. The molecule has 26 heavy (non-hydrogen) atoms. The van der Waals surface area contributed by atoms with Crippen LogP contribution in [0.25, 0.3) is 0 Å². The van der Waals surface area contributed by atoms with E-state index in [4.69, 9.17) is 4.74 Å². The molecule has 0 aliphatic carbocycles. The van der Waals surface area contributed by atoms with E-state index in [0.29, 0.717) is 6.16 Å². The van der Waals surface area contributed by atoms with Gasteiger partial charge in [0.05, 0.1) is 0 Å². The van der Waals surface area contributed by atoms with Gasteiger partial charge < -0.3 is 0 Å². The molecule has 0 heterocycles. The second-order valence-electron chi connectivity index (χ2n) is 6.15. The number of benzene rings is 3. The molecule has 3 aromatic rings. The molecule has 3 heteroatoms. The number of ether oxygens (including phenoxy) is 1. The van der Waals surface area contributed by atoms with E-state index in [1.54, 1.807) is 6.08 Å². The zero-order valence-electron chi connectivity index (χ0n) is 14.7. The molecule has 0 aliphatic heterocycles. The number of rotatable bonds is 7. The molecular weight excluding hydrogens is 339 g/mol. The van der Waals surface area contributed by atoms with E-state index >= 15 is 0 Å². The molecule has 0 N–H and O–H groups in total. The zero-order chi connectivity index (χ0) is 18.2. The Morgan fingerprint density at radius 1 is 0.769 bits per heavy atom. The molecule has 0 unspecified atom stereocenters. The molecule has 132 valence electrons. The normalized spacial score (nSPS) is 11.5. The minimum absolute atomic E-state index is 0.187. The summed E-state index contributed by atoms with van der Waals surface area (Å²) in [5.41, 5.74) is 0. The molecule has 0 radical (unpaired) electrons. The van der Waals surface area contributed by atoms with Crippen molar-refractivity contribution in [3.05, 3.63) is 104 Å². The first-order valence-corrected chi connectivity index (χ1v) is 10.9. The van der Waals surface area contributed by atoms with E-state index in [2.05, 4.69) is 43.0 Å². The molecule has 3 rings (SSSR count). The van der Waals surface area contributed by atoms with Gasteiger partial charge in [0.1, 0.15) is 0 Å². The van der Waals surface area contributed by atoms with Crippen molar-refractivity contribution in [2.75, 3.05) is 12.8 Å². The van der Waals surface area contributed by atoms with Crippen LogP contribution in [0.15, 0.2) is 104 Å². The van der Waals surface area contributed by atoms with Crippen LogP contribution in [0.4, 0.5) is 0 Å². The van der Waals surface area contributed by atoms with E-state index in [0.717, 1.165) is 0 Å².